The Morgan fingerprint density at radius 3 is 1.53 bits per heavy atom. The number of rotatable bonds is 10. The summed E-state index contributed by atoms with van der Waals surface area (Å²) in [5.41, 5.74) is 0. The molecule has 0 aliphatic rings. The molecule has 0 amide bonds. The van der Waals surface area contributed by atoms with E-state index in [-0.39, 0.29) is 0 Å². The fraction of sp³-hybridized carbons (Fsp3) is 0.818. The molecule has 0 spiro atoms. The standard InChI is InChI=1S/C11H18N2O2/c12-6-4-10-14-8-2-1-3-9-15-11-5-7-13/h1-5,8-11H2. The molecule has 0 saturated heterocycles. The summed E-state index contributed by atoms with van der Waals surface area (Å²) in [5, 5.41) is 16.5. The summed E-state index contributed by atoms with van der Waals surface area (Å²) in [6.07, 6.45) is 4.02. The van der Waals surface area contributed by atoms with Crippen LogP contribution in [0.25, 0.3) is 0 Å². The van der Waals surface area contributed by atoms with Crippen molar-refractivity contribution in [1.82, 2.24) is 0 Å². The maximum atomic E-state index is 8.24. The van der Waals surface area contributed by atoms with Crippen molar-refractivity contribution in [3.8, 4) is 12.1 Å². The van der Waals surface area contributed by atoms with Crippen LogP contribution in [0.1, 0.15) is 32.1 Å². The van der Waals surface area contributed by atoms with Crippen molar-refractivity contribution < 1.29 is 9.47 Å². The molecule has 0 bridgehead atoms. The summed E-state index contributed by atoms with van der Waals surface area (Å²) in [6, 6.07) is 4.05. The van der Waals surface area contributed by atoms with Crippen molar-refractivity contribution in [2.24, 2.45) is 0 Å². The van der Waals surface area contributed by atoms with Gasteiger partial charge in [0.2, 0.25) is 0 Å². The number of nitriles is 2. The molecule has 4 nitrogen and oxygen atoms in total. The summed E-state index contributed by atoms with van der Waals surface area (Å²) in [6.45, 7) is 2.52. The molecule has 15 heavy (non-hydrogen) atoms. The number of nitrogens with zero attached hydrogens (tertiary/aromatic N) is 2. The normalized spacial score (nSPS) is 9.47. The van der Waals surface area contributed by atoms with Crippen molar-refractivity contribution in [3.63, 3.8) is 0 Å². The Kier molecular flexibility index (Phi) is 12.0. The molecule has 0 aromatic rings. The first-order valence-corrected chi connectivity index (χ1v) is 5.31. The van der Waals surface area contributed by atoms with Gasteiger partial charge in [0.25, 0.3) is 0 Å². The van der Waals surface area contributed by atoms with Crippen LogP contribution in [0.2, 0.25) is 0 Å². The summed E-state index contributed by atoms with van der Waals surface area (Å²) in [5.74, 6) is 0. The van der Waals surface area contributed by atoms with Gasteiger partial charge in [-0.1, -0.05) is 0 Å². The lowest BCUT2D eigenvalue weighted by Crippen LogP contribution is -1.99. The highest BCUT2D eigenvalue weighted by Gasteiger charge is 1.91. The van der Waals surface area contributed by atoms with E-state index in [1.54, 1.807) is 0 Å². The molecular formula is C11H18N2O2. The zero-order valence-corrected chi connectivity index (χ0v) is 9.07. The lowest BCUT2D eigenvalue weighted by Gasteiger charge is -2.02. The number of hydrogen-bond donors (Lipinski definition) is 0. The van der Waals surface area contributed by atoms with Gasteiger partial charge in [-0.2, -0.15) is 10.5 Å². The lowest BCUT2D eigenvalue weighted by molar-refractivity contribution is 0.119. The highest BCUT2D eigenvalue weighted by molar-refractivity contribution is 4.67. The van der Waals surface area contributed by atoms with Crippen LogP contribution >= 0.6 is 0 Å². The Balaban J connectivity index is 2.88. The molecule has 0 N–H and O–H groups in total. The van der Waals surface area contributed by atoms with Crippen LogP contribution in [0.15, 0.2) is 0 Å². The van der Waals surface area contributed by atoms with Gasteiger partial charge in [-0.05, 0) is 19.3 Å². The quantitative estimate of drug-likeness (QED) is 0.517. The topological polar surface area (TPSA) is 66.0 Å². The summed E-state index contributed by atoms with van der Waals surface area (Å²) < 4.78 is 10.4. The van der Waals surface area contributed by atoms with E-state index in [2.05, 4.69) is 0 Å². The minimum absolute atomic E-state index is 0.470. The average Bonchev–Trinajstić information content (AvgIpc) is 2.26. The molecule has 0 atom stereocenters. The Labute approximate surface area is 91.4 Å². The van der Waals surface area contributed by atoms with Gasteiger partial charge >= 0.3 is 0 Å². The van der Waals surface area contributed by atoms with E-state index in [1.807, 2.05) is 12.1 Å². The molecule has 0 unspecified atom stereocenters. The van der Waals surface area contributed by atoms with Gasteiger partial charge in [0, 0.05) is 13.2 Å². The van der Waals surface area contributed by atoms with Gasteiger partial charge < -0.3 is 9.47 Å². The van der Waals surface area contributed by atoms with E-state index in [1.165, 1.54) is 0 Å². The van der Waals surface area contributed by atoms with Crippen molar-refractivity contribution >= 4 is 0 Å². The molecule has 0 heterocycles. The largest absolute Gasteiger partial charge is 0.380 e. The zero-order valence-electron chi connectivity index (χ0n) is 9.07. The highest BCUT2D eigenvalue weighted by atomic mass is 16.5. The molecule has 84 valence electrons. The maximum absolute atomic E-state index is 8.24. The molecular weight excluding hydrogens is 192 g/mol. The second-order valence-corrected chi connectivity index (χ2v) is 3.10. The van der Waals surface area contributed by atoms with Gasteiger partial charge in [-0.15, -0.1) is 0 Å². The third-order valence-corrected chi connectivity index (χ3v) is 1.79. The van der Waals surface area contributed by atoms with Crippen LogP contribution in [0.4, 0.5) is 0 Å². The molecule has 0 aliphatic carbocycles. The Hall–Kier alpha value is -1.10. The van der Waals surface area contributed by atoms with Gasteiger partial charge in [0.05, 0.1) is 38.2 Å². The third kappa shape index (κ3) is 12.9. The van der Waals surface area contributed by atoms with E-state index < -0.39 is 0 Å². The van der Waals surface area contributed by atoms with Crippen molar-refractivity contribution in [3.05, 3.63) is 0 Å². The van der Waals surface area contributed by atoms with Crippen molar-refractivity contribution in [2.45, 2.75) is 32.1 Å². The second kappa shape index (κ2) is 12.9. The van der Waals surface area contributed by atoms with E-state index in [4.69, 9.17) is 20.0 Å². The van der Waals surface area contributed by atoms with Crippen molar-refractivity contribution in [1.29, 1.82) is 10.5 Å². The van der Waals surface area contributed by atoms with Gasteiger partial charge in [-0.3, -0.25) is 0 Å². The number of ether oxygens (including phenoxy) is 2. The van der Waals surface area contributed by atoms with Gasteiger partial charge in [-0.25, -0.2) is 0 Å². The first-order chi connectivity index (χ1) is 7.41. The van der Waals surface area contributed by atoms with Gasteiger partial charge in [0.15, 0.2) is 0 Å². The minimum Gasteiger partial charge on any atom is -0.380 e. The second-order valence-electron chi connectivity index (χ2n) is 3.10. The zero-order chi connectivity index (χ0) is 11.2. The summed E-state index contributed by atoms with van der Waals surface area (Å²) in [4.78, 5) is 0. The minimum atomic E-state index is 0.470. The summed E-state index contributed by atoms with van der Waals surface area (Å²) >= 11 is 0. The molecule has 4 heteroatoms. The molecule has 0 saturated carbocycles. The smallest absolute Gasteiger partial charge is 0.0645 e. The number of hydrogen-bond acceptors (Lipinski definition) is 4. The van der Waals surface area contributed by atoms with Crippen molar-refractivity contribution in [2.75, 3.05) is 26.4 Å². The molecule has 0 rings (SSSR count). The lowest BCUT2D eigenvalue weighted by atomic mass is 10.2. The Bertz CT molecular complexity index is 184. The number of unbranched alkanes of at least 4 members (excludes halogenated alkanes) is 2. The van der Waals surface area contributed by atoms with Gasteiger partial charge in [0.1, 0.15) is 0 Å². The fourth-order valence-electron chi connectivity index (χ4n) is 1.02. The fourth-order valence-corrected chi connectivity index (χ4v) is 1.02. The first kappa shape index (κ1) is 13.9. The van der Waals surface area contributed by atoms with Crippen LogP contribution in [-0.2, 0) is 9.47 Å². The van der Waals surface area contributed by atoms with Crippen LogP contribution in [0, 0.1) is 22.7 Å². The first-order valence-electron chi connectivity index (χ1n) is 5.31. The third-order valence-electron chi connectivity index (χ3n) is 1.79. The van der Waals surface area contributed by atoms with E-state index in [0.29, 0.717) is 26.1 Å². The highest BCUT2D eigenvalue weighted by Crippen LogP contribution is 1.97. The van der Waals surface area contributed by atoms with E-state index in [9.17, 15) is 0 Å². The van der Waals surface area contributed by atoms with Crippen LogP contribution in [0.3, 0.4) is 0 Å². The molecule has 0 aromatic carbocycles. The monoisotopic (exact) mass is 210 g/mol. The molecule has 0 radical (unpaired) electrons. The summed E-state index contributed by atoms with van der Waals surface area (Å²) in [7, 11) is 0. The SMILES string of the molecule is N#CCCOCCCCCOCCC#N. The predicted molar refractivity (Wildman–Crippen MR) is 55.9 cm³/mol. The molecule has 0 aromatic heterocycles. The Morgan fingerprint density at radius 2 is 1.13 bits per heavy atom. The van der Waals surface area contributed by atoms with Crippen LogP contribution in [0.5, 0.6) is 0 Å². The predicted octanol–water partition coefficient (Wildman–Crippen LogP) is 2.02. The Morgan fingerprint density at radius 1 is 0.667 bits per heavy atom. The van der Waals surface area contributed by atoms with Crippen LogP contribution in [-0.4, -0.2) is 26.4 Å². The van der Waals surface area contributed by atoms with E-state index in [0.717, 1.165) is 32.5 Å². The van der Waals surface area contributed by atoms with E-state index >= 15 is 0 Å². The molecule has 0 aliphatic heterocycles. The molecule has 0 fully saturated rings. The maximum Gasteiger partial charge on any atom is 0.0645 e. The van der Waals surface area contributed by atoms with Crippen LogP contribution < -0.4 is 0 Å². The average molecular weight is 210 g/mol.